The van der Waals surface area contributed by atoms with Crippen molar-refractivity contribution < 1.29 is 4.92 Å². The second-order valence-corrected chi connectivity index (χ2v) is 4.84. The van der Waals surface area contributed by atoms with Gasteiger partial charge in [-0.15, -0.1) is 0 Å². The molecule has 0 spiro atoms. The third-order valence-corrected chi connectivity index (χ3v) is 3.28. The highest BCUT2D eigenvalue weighted by molar-refractivity contribution is 9.10. The molecule has 0 aliphatic rings. The van der Waals surface area contributed by atoms with E-state index in [9.17, 15) is 10.1 Å². The molecule has 19 heavy (non-hydrogen) atoms. The standard InChI is InChI=1S/C11H12BrN5O2/c1-7-4-9(8(12)5-10(7)17(18)19)13-3-2-11-14-6-15-16-11/h4-6,13H,2-3H2,1H3,(H,14,15,16). The summed E-state index contributed by atoms with van der Waals surface area (Å²) >= 11 is 3.33. The van der Waals surface area contributed by atoms with Crippen LogP contribution in [0.15, 0.2) is 22.9 Å². The molecule has 2 rings (SSSR count). The Kier molecular flexibility index (Phi) is 4.10. The zero-order valence-corrected chi connectivity index (χ0v) is 11.8. The third-order valence-electron chi connectivity index (χ3n) is 2.62. The number of aryl methyl sites for hydroxylation is 1. The van der Waals surface area contributed by atoms with Crippen molar-refractivity contribution >= 4 is 27.3 Å². The van der Waals surface area contributed by atoms with Gasteiger partial charge in [-0.1, -0.05) is 0 Å². The Labute approximate surface area is 117 Å². The van der Waals surface area contributed by atoms with E-state index in [1.54, 1.807) is 13.0 Å². The van der Waals surface area contributed by atoms with Crippen LogP contribution in [0.4, 0.5) is 11.4 Å². The highest BCUT2D eigenvalue weighted by atomic mass is 79.9. The zero-order chi connectivity index (χ0) is 13.8. The van der Waals surface area contributed by atoms with E-state index in [-0.39, 0.29) is 5.69 Å². The molecule has 0 fully saturated rings. The van der Waals surface area contributed by atoms with Gasteiger partial charge in [0.15, 0.2) is 0 Å². The van der Waals surface area contributed by atoms with Gasteiger partial charge in [-0.05, 0) is 28.9 Å². The van der Waals surface area contributed by atoms with Crippen molar-refractivity contribution in [2.24, 2.45) is 0 Å². The van der Waals surface area contributed by atoms with E-state index in [0.29, 0.717) is 23.0 Å². The van der Waals surface area contributed by atoms with Crippen LogP contribution in [0.5, 0.6) is 0 Å². The van der Waals surface area contributed by atoms with Crippen molar-refractivity contribution in [2.45, 2.75) is 13.3 Å². The van der Waals surface area contributed by atoms with E-state index < -0.39 is 4.92 Å². The lowest BCUT2D eigenvalue weighted by Gasteiger charge is -2.09. The number of benzene rings is 1. The molecule has 0 unspecified atom stereocenters. The molecule has 8 heteroatoms. The predicted molar refractivity (Wildman–Crippen MR) is 74.1 cm³/mol. The quantitative estimate of drug-likeness (QED) is 0.650. The van der Waals surface area contributed by atoms with Crippen molar-refractivity contribution in [1.82, 2.24) is 15.2 Å². The second-order valence-electron chi connectivity index (χ2n) is 3.98. The minimum Gasteiger partial charge on any atom is -0.384 e. The number of nitrogens with zero attached hydrogens (tertiary/aromatic N) is 3. The topological polar surface area (TPSA) is 96.7 Å². The van der Waals surface area contributed by atoms with Crippen molar-refractivity contribution in [3.05, 3.63) is 44.4 Å². The lowest BCUT2D eigenvalue weighted by molar-refractivity contribution is -0.385. The fourth-order valence-corrected chi connectivity index (χ4v) is 2.14. The number of aromatic amines is 1. The van der Waals surface area contributed by atoms with E-state index in [0.717, 1.165) is 11.5 Å². The number of anilines is 1. The van der Waals surface area contributed by atoms with E-state index in [4.69, 9.17) is 0 Å². The number of H-pyrrole nitrogens is 1. The smallest absolute Gasteiger partial charge is 0.273 e. The van der Waals surface area contributed by atoms with Crippen LogP contribution in [0, 0.1) is 17.0 Å². The molecule has 7 nitrogen and oxygen atoms in total. The first-order valence-electron chi connectivity index (χ1n) is 5.60. The van der Waals surface area contributed by atoms with Crippen LogP contribution in [0.2, 0.25) is 0 Å². The molecule has 0 amide bonds. The van der Waals surface area contributed by atoms with E-state index in [2.05, 4.69) is 36.4 Å². The van der Waals surface area contributed by atoms with Gasteiger partial charge in [0.2, 0.25) is 0 Å². The molecule has 0 aliphatic carbocycles. The molecule has 0 saturated heterocycles. The number of halogens is 1. The molecule has 1 aromatic heterocycles. The number of rotatable bonds is 5. The molecule has 0 atom stereocenters. The Balaban J connectivity index is 2.04. The van der Waals surface area contributed by atoms with Crippen LogP contribution in [-0.4, -0.2) is 26.6 Å². The summed E-state index contributed by atoms with van der Waals surface area (Å²) in [4.78, 5) is 14.4. The lowest BCUT2D eigenvalue weighted by atomic mass is 10.2. The minimum absolute atomic E-state index is 0.104. The first-order chi connectivity index (χ1) is 9.08. The summed E-state index contributed by atoms with van der Waals surface area (Å²) in [6.45, 7) is 2.37. The third kappa shape index (κ3) is 3.28. The molecule has 0 aliphatic heterocycles. The van der Waals surface area contributed by atoms with Gasteiger partial charge in [0.05, 0.1) is 4.92 Å². The Morgan fingerprint density at radius 2 is 2.32 bits per heavy atom. The fraction of sp³-hybridized carbons (Fsp3) is 0.273. The van der Waals surface area contributed by atoms with Crippen molar-refractivity contribution in [1.29, 1.82) is 0 Å². The maximum atomic E-state index is 10.8. The average Bonchev–Trinajstić information content (AvgIpc) is 2.85. The molecule has 0 bridgehead atoms. The van der Waals surface area contributed by atoms with Crippen molar-refractivity contribution in [2.75, 3.05) is 11.9 Å². The summed E-state index contributed by atoms with van der Waals surface area (Å²) in [5.41, 5.74) is 1.55. The van der Waals surface area contributed by atoms with Crippen LogP contribution in [0.25, 0.3) is 0 Å². The molecule has 100 valence electrons. The van der Waals surface area contributed by atoms with Crippen LogP contribution in [-0.2, 0) is 6.42 Å². The maximum absolute atomic E-state index is 10.8. The van der Waals surface area contributed by atoms with Crippen LogP contribution < -0.4 is 5.32 Å². The molecule has 2 aromatic rings. The highest BCUT2D eigenvalue weighted by Crippen LogP contribution is 2.30. The first kappa shape index (κ1) is 13.5. The van der Waals surface area contributed by atoms with E-state index in [1.165, 1.54) is 12.4 Å². The van der Waals surface area contributed by atoms with Gasteiger partial charge in [0.1, 0.15) is 12.2 Å². The van der Waals surface area contributed by atoms with Gasteiger partial charge in [0.25, 0.3) is 5.69 Å². The molecule has 0 radical (unpaired) electrons. The van der Waals surface area contributed by atoms with Crippen LogP contribution >= 0.6 is 15.9 Å². The average molecular weight is 326 g/mol. The van der Waals surface area contributed by atoms with Crippen LogP contribution in [0.3, 0.4) is 0 Å². The Bertz CT molecular complexity index is 585. The maximum Gasteiger partial charge on any atom is 0.273 e. The highest BCUT2D eigenvalue weighted by Gasteiger charge is 2.13. The number of nitrogens with one attached hydrogen (secondary N) is 2. The summed E-state index contributed by atoms with van der Waals surface area (Å²) in [6.07, 6.45) is 2.16. The molecule has 1 heterocycles. The summed E-state index contributed by atoms with van der Waals surface area (Å²) in [6, 6.07) is 3.26. The van der Waals surface area contributed by atoms with Crippen molar-refractivity contribution in [3.63, 3.8) is 0 Å². The Hall–Kier alpha value is -1.96. The van der Waals surface area contributed by atoms with Gasteiger partial charge in [-0.3, -0.25) is 15.2 Å². The largest absolute Gasteiger partial charge is 0.384 e. The fourth-order valence-electron chi connectivity index (χ4n) is 1.67. The lowest BCUT2D eigenvalue weighted by Crippen LogP contribution is -2.07. The molecular weight excluding hydrogens is 314 g/mol. The molecule has 1 aromatic carbocycles. The SMILES string of the molecule is Cc1cc(NCCc2ncn[nH]2)c(Br)cc1[N+](=O)[O-]. The number of hydrogen-bond acceptors (Lipinski definition) is 5. The number of aromatic nitrogens is 3. The van der Waals surface area contributed by atoms with E-state index >= 15 is 0 Å². The first-order valence-corrected chi connectivity index (χ1v) is 6.40. The summed E-state index contributed by atoms with van der Waals surface area (Å²) < 4.78 is 0.669. The van der Waals surface area contributed by atoms with Gasteiger partial charge in [-0.2, -0.15) is 5.10 Å². The summed E-state index contributed by atoms with van der Waals surface area (Å²) in [7, 11) is 0. The predicted octanol–water partition coefficient (Wildman–Crippen LogP) is 2.44. The number of nitro groups is 1. The summed E-state index contributed by atoms with van der Waals surface area (Å²) in [5, 5.41) is 20.5. The van der Waals surface area contributed by atoms with E-state index in [1.807, 2.05) is 0 Å². The summed E-state index contributed by atoms with van der Waals surface area (Å²) in [5.74, 6) is 0.794. The van der Waals surface area contributed by atoms with Gasteiger partial charge in [-0.25, -0.2) is 4.98 Å². The number of nitro benzene ring substituents is 1. The minimum atomic E-state index is -0.390. The second kappa shape index (κ2) is 5.79. The molecular formula is C11H12BrN5O2. The normalized spacial score (nSPS) is 10.4. The molecule has 2 N–H and O–H groups in total. The monoisotopic (exact) mass is 325 g/mol. The zero-order valence-electron chi connectivity index (χ0n) is 10.2. The van der Waals surface area contributed by atoms with Gasteiger partial charge in [0, 0.05) is 34.8 Å². The molecule has 0 saturated carbocycles. The van der Waals surface area contributed by atoms with Crippen molar-refractivity contribution in [3.8, 4) is 0 Å². The van der Waals surface area contributed by atoms with Gasteiger partial charge < -0.3 is 5.32 Å². The Morgan fingerprint density at radius 3 is 2.95 bits per heavy atom. The Morgan fingerprint density at radius 1 is 1.53 bits per heavy atom. The van der Waals surface area contributed by atoms with Crippen LogP contribution in [0.1, 0.15) is 11.4 Å². The van der Waals surface area contributed by atoms with Gasteiger partial charge >= 0.3 is 0 Å². The number of hydrogen-bond donors (Lipinski definition) is 2.